The number of carbonyl (C=O) groups is 2. The van der Waals surface area contributed by atoms with Crippen LogP contribution in [0.15, 0.2) is 36.7 Å². The van der Waals surface area contributed by atoms with Crippen molar-refractivity contribution in [2.24, 2.45) is 7.05 Å². The average molecular weight is 352 g/mol. The molecule has 1 heterocycles. The van der Waals surface area contributed by atoms with Crippen LogP contribution in [-0.4, -0.2) is 35.7 Å². The van der Waals surface area contributed by atoms with Crippen molar-refractivity contribution in [3.8, 4) is 0 Å². The molecule has 1 atom stereocenters. The maximum atomic E-state index is 12.3. The molecule has 7 nitrogen and oxygen atoms in total. The number of halogens is 1. The molecule has 0 saturated carbocycles. The van der Waals surface area contributed by atoms with Gasteiger partial charge in [-0.2, -0.15) is 5.10 Å². The van der Waals surface area contributed by atoms with Gasteiger partial charge in [0.25, 0.3) is 5.91 Å². The molecule has 1 unspecified atom stereocenters. The van der Waals surface area contributed by atoms with E-state index in [-0.39, 0.29) is 24.2 Å². The zero-order valence-electron chi connectivity index (χ0n) is 13.9. The molecule has 0 saturated heterocycles. The van der Waals surface area contributed by atoms with Gasteiger partial charge in [0.1, 0.15) is 6.04 Å². The second-order valence-corrected chi connectivity index (χ2v) is 5.17. The molecule has 0 aliphatic carbocycles. The first-order chi connectivity index (χ1) is 11.0. The average Bonchev–Trinajstić information content (AvgIpc) is 2.99. The molecule has 1 aromatic heterocycles. The Kier molecular flexibility index (Phi) is 7.41. The van der Waals surface area contributed by atoms with Crippen molar-refractivity contribution in [1.29, 1.82) is 0 Å². The van der Waals surface area contributed by atoms with Gasteiger partial charge >= 0.3 is 0 Å². The minimum atomic E-state index is -0.467. The van der Waals surface area contributed by atoms with E-state index in [1.807, 2.05) is 6.07 Å². The number of hydrogen-bond donors (Lipinski definition) is 3. The van der Waals surface area contributed by atoms with Gasteiger partial charge in [0, 0.05) is 38.0 Å². The number of rotatable bonds is 6. The molecule has 24 heavy (non-hydrogen) atoms. The van der Waals surface area contributed by atoms with Crippen molar-refractivity contribution in [1.82, 2.24) is 25.7 Å². The van der Waals surface area contributed by atoms with Crippen LogP contribution in [0.25, 0.3) is 0 Å². The van der Waals surface area contributed by atoms with Crippen molar-refractivity contribution in [3.63, 3.8) is 0 Å². The normalized spacial score (nSPS) is 11.3. The predicted molar refractivity (Wildman–Crippen MR) is 93.9 cm³/mol. The van der Waals surface area contributed by atoms with Gasteiger partial charge in [-0.15, -0.1) is 12.4 Å². The minimum absolute atomic E-state index is 0. The van der Waals surface area contributed by atoms with E-state index in [4.69, 9.17) is 0 Å². The number of carbonyl (C=O) groups excluding carboxylic acids is 2. The summed E-state index contributed by atoms with van der Waals surface area (Å²) in [6, 6.07) is 6.69. The topological polar surface area (TPSA) is 88.1 Å². The van der Waals surface area contributed by atoms with Crippen molar-refractivity contribution in [2.75, 3.05) is 14.1 Å². The number of aromatic nitrogens is 2. The molecular formula is C16H22ClN5O2. The van der Waals surface area contributed by atoms with Gasteiger partial charge in [-0.3, -0.25) is 14.3 Å². The molecular weight excluding hydrogens is 330 g/mol. The van der Waals surface area contributed by atoms with Crippen molar-refractivity contribution in [3.05, 3.63) is 53.3 Å². The Bertz CT molecular complexity index is 701. The lowest BCUT2D eigenvalue weighted by atomic mass is 10.1. The van der Waals surface area contributed by atoms with Crippen LogP contribution in [0.3, 0.4) is 0 Å². The SMILES string of the molecule is CNC(=O)c1cccc(CNC(=O)C(NC)c2cnn(C)c2)c1.Cl. The Labute approximate surface area is 147 Å². The molecule has 0 fully saturated rings. The minimum Gasteiger partial charge on any atom is -0.355 e. The highest BCUT2D eigenvalue weighted by molar-refractivity contribution is 5.94. The molecule has 0 spiro atoms. The molecule has 8 heteroatoms. The summed E-state index contributed by atoms with van der Waals surface area (Å²) in [6.45, 7) is 0.349. The number of likely N-dealkylation sites (N-methyl/N-ethyl adjacent to an activating group) is 1. The monoisotopic (exact) mass is 351 g/mol. The predicted octanol–water partition coefficient (Wildman–Crippen LogP) is 0.778. The fourth-order valence-corrected chi connectivity index (χ4v) is 2.30. The maximum Gasteiger partial charge on any atom is 0.251 e. The van der Waals surface area contributed by atoms with Crippen LogP contribution in [0, 0.1) is 0 Å². The Morgan fingerprint density at radius 3 is 2.62 bits per heavy atom. The molecule has 1 aromatic carbocycles. The lowest BCUT2D eigenvalue weighted by Gasteiger charge is -2.14. The quantitative estimate of drug-likeness (QED) is 0.717. The highest BCUT2D eigenvalue weighted by Gasteiger charge is 2.19. The number of nitrogens with one attached hydrogen (secondary N) is 3. The van der Waals surface area contributed by atoms with E-state index in [9.17, 15) is 9.59 Å². The van der Waals surface area contributed by atoms with E-state index in [0.717, 1.165) is 11.1 Å². The van der Waals surface area contributed by atoms with Gasteiger partial charge in [0.05, 0.1) is 6.20 Å². The molecule has 0 bridgehead atoms. The second-order valence-electron chi connectivity index (χ2n) is 5.17. The molecule has 0 aliphatic rings. The molecule has 0 aliphatic heterocycles. The molecule has 2 amide bonds. The van der Waals surface area contributed by atoms with Crippen LogP contribution >= 0.6 is 12.4 Å². The van der Waals surface area contributed by atoms with Gasteiger partial charge in [-0.1, -0.05) is 12.1 Å². The van der Waals surface area contributed by atoms with Crippen LogP contribution in [0.4, 0.5) is 0 Å². The Morgan fingerprint density at radius 2 is 2.04 bits per heavy atom. The first-order valence-corrected chi connectivity index (χ1v) is 7.29. The maximum absolute atomic E-state index is 12.3. The number of aryl methyl sites for hydroxylation is 1. The largest absolute Gasteiger partial charge is 0.355 e. The zero-order valence-corrected chi connectivity index (χ0v) is 14.7. The summed E-state index contributed by atoms with van der Waals surface area (Å²) in [7, 11) is 5.12. The second kappa shape index (κ2) is 9.05. The van der Waals surface area contributed by atoms with E-state index in [2.05, 4.69) is 21.0 Å². The first-order valence-electron chi connectivity index (χ1n) is 7.29. The van der Waals surface area contributed by atoms with Crippen LogP contribution < -0.4 is 16.0 Å². The third-order valence-electron chi connectivity index (χ3n) is 3.49. The van der Waals surface area contributed by atoms with Gasteiger partial charge in [0.2, 0.25) is 5.91 Å². The fraction of sp³-hybridized carbons (Fsp3) is 0.312. The van der Waals surface area contributed by atoms with E-state index in [1.165, 1.54) is 0 Å². The summed E-state index contributed by atoms with van der Waals surface area (Å²) in [5, 5.41) is 12.5. The fourth-order valence-electron chi connectivity index (χ4n) is 2.30. The Balaban J connectivity index is 0.00000288. The molecule has 130 valence electrons. The summed E-state index contributed by atoms with van der Waals surface area (Å²) in [5.74, 6) is -0.299. The van der Waals surface area contributed by atoms with Gasteiger partial charge < -0.3 is 16.0 Å². The van der Waals surface area contributed by atoms with Crippen LogP contribution in [0.1, 0.15) is 27.5 Å². The Morgan fingerprint density at radius 1 is 1.29 bits per heavy atom. The Hall–Kier alpha value is -2.38. The van der Waals surface area contributed by atoms with E-state index < -0.39 is 6.04 Å². The number of amides is 2. The van der Waals surface area contributed by atoms with Crippen LogP contribution in [-0.2, 0) is 18.4 Å². The summed E-state index contributed by atoms with van der Waals surface area (Å²) >= 11 is 0. The van der Waals surface area contributed by atoms with Crippen molar-refractivity contribution < 1.29 is 9.59 Å². The highest BCUT2D eigenvalue weighted by atomic mass is 35.5. The van der Waals surface area contributed by atoms with Crippen molar-refractivity contribution in [2.45, 2.75) is 12.6 Å². The summed E-state index contributed by atoms with van der Waals surface area (Å²) < 4.78 is 1.65. The lowest BCUT2D eigenvalue weighted by molar-refractivity contribution is -0.123. The van der Waals surface area contributed by atoms with Crippen LogP contribution in [0.2, 0.25) is 0 Å². The van der Waals surface area contributed by atoms with Crippen LogP contribution in [0.5, 0.6) is 0 Å². The molecule has 3 N–H and O–H groups in total. The van der Waals surface area contributed by atoms with Crippen molar-refractivity contribution >= 4 is 24.2 Å². The third kappa shape index (κ3) is 4.81. The van der Waals surface area contributed by atoms with Gasteiger partial charge in [0.15, 0.2) is 0 Å². The smallest absolute Gasteiger partial charge is 0.251 e. The summed E-state index contributed by atoms with van der Waals surface area (Å²) in [5.41, 5.74) is 2.23. The van der Waals surface area contributed by atoms with E-state index >= 15 is 0 Å². The molecule has 0 radical (unpaired) electrons. The summed E-state index contributed by atoms with van der Waals surface area (Å²) in [6.07, 6.45) is 3.46. The van der Waals surface area contributed by atoms with Gasteiger partial charge in [-0.25, -0.2) is 0 Å². The third-order valence-corrected chi connectivity index (χ3v) is 3.49. The zero-order chi connectivity index (χ0) is 16.8. The van der Waals surface area contributed by atoms with E-state index in [0.29, 0.717) is 12.1 Å². The number of benzene rings is 1. The molecule has 2 aromatic rings. The molecule has 2 rings (SSSR count). The standard InChI is InChI=1S/C16H21N5O2.ClH/c1-17-14(13-9-20-21(3)10-13)16(23)19-8-11-5-4-6-12(7-11)15(22)18-2;/h4-7,9-10,14,17H,8H2,1-3H3,(H,18,22)(H,19,23);1H. The highest BCUT2D eigenvalue weighted by Crippen LogP contribution is 2.12. The van der Waals surface area contributed by atoms with Gasteiger partial charge in [-0.05, 0) is 24.7 Å². The lowest BCUT2D eigenvalue weighted by Crippen LogP contribution is -2.35. The number of hydrogen-bond acceptors (Lipinski definition) is 4. The number of nitrogens with zero attached hydrogens (tertiary/aromatic N) is 2. The van der Waals surface area contributed by atoms with E-state index in [1.54, 1.807) is 56.4 Å². The summed E-state index contributed by atoms with van der Waals surface area (Å²) in [4.78, 5) is 24.0. The first kappa shape index (κ1) is 19.7.